The number of esters is 1. The molecule has 7 aliphatic rings. The van der Waals surface area contributed by atoms with Crippen molar-refractivity contribution in [3.05, 3.63) is 0 Å². The van der Waals surface area contributed by atoms with Crippen molar-refractivity contribution in [3.63, 3.8) is 0 Å². The van der Waals surface area contributed by atoms with E-state index in [0.29, 0.717) is 63.5 Å². The number of alkyl carbamates (subject to hydrolysis) is 1. The molecule has 7 fully saturated rings. The number of nitrogens with one attached hydrogen (secondary N) is 1. The van der Waals surface area contributed by atoms with Crippen LogP contribution >= 0.6 is 0 Å². The van der Waals surface area contributed by atoms with Crippen LogP contribution in [0.2, 0.25) is 0 Å². The third-order valence-electron chi connectivity index (χ3n) is 15.2. The number of piperidine rings is 1. The first kappa shape index (κ1) is 49.7. The first-order valence-corrected chi connectivity index (χ1v) is 26.0. The molecule has 4 saturated carbocycles. The second-order valence-corrected chi connectivity index (χ2v) is 20.2. The number of hydrogen-bond donors (Lipinski definition) is 1. The van der Waals surface area contributed by atoms with Gasteiger partial charge in [0.25, 0.3) is 0 Å². The summed E-state index contributed by atoms with van der Waals surface area (Å²) in [5.74, 6) is -1.03. The lowest BCUT2D eigenvalue weighted by atomic mass is 9.78. The maximum absolute atomic E-state index is 14.1. The predicted molar refractivity (Wildman–Crippen MR) is 244 cm³/mol. The number of carbonyl (C=O) groups is 6. The Morgan fingerprint density at radius 2 is 1.11 bits per heavy atom. The topological polar surface area (TPSA) is 186 Å². The Morgan fingerprint density at radius 3 is 1.73 bits per heavy atom. The molecular formula is C49H78N6O11. The summed E-state index contributed by atoms with van der Waals surface area (Å²) in [5.41, 5.74) is 0. The van der Waals surface area contributed by atoms with E-state index >= 15 is 0 Å². The monoisotopic (exact) mass is 927 g/mol. The first-order chi connectivity index (χ1) is 32.2. The fraction of sp³-hybridized carbons (Fsp3) is 0.857. The van der Waals surface area contributed by atoms with Crippen molar-refractivity contribution in [1.29, 1.82) is 0 Å². The van der Waals surface area contributed by atoms with Crippen LogP contribution in [0.4, 0.5) is 19.2 Å². The SMILES string of the molecule is O=C(/N=C(\NC(=O)OCC1CCCCC1)N1CCCC(C[C@H]2C(=O)N(C(=O)N3CCN(C(=O)OCCCOC4CCCCC4)CC3)C2C(=O)OCC2CCCCC2)C1)OCC1CCCCC1. The van der Waals surface area contributed by atoms with Gasteiger partial charge in [-0.3, -0.25) is 10.1 Å². The standard InChI is InChI=1S/C49H78N6O11/c56-43-41(31-39-21-13-24-54(32-39)45(50-46(58)65-34-37-17-7-2-8-18-37)51-47(59)66-35-38-19-9-3-10-20-38)42(44(57)64-33-36-15-5-1-6-16-36)55(43)48(60)52-25-27-53(28-26-52)49(61)63-30-14-29-62-40-22-11-4-12-23-40/h36-42H,1-35H2,(H,50,51,58,59)/t39?,41-,42?/m1/s1. The molecule has 2 unspecified atom stereocenters. The predicted octanol–water partition coefficient (Wildman–Crippen LogP) is 8.03. The average Bonchev–Trinajstić information content (AvgIpc) is 3.36. The molecule has 3 atom stereocenters. The van der Waals surface area contributed by atoms with Gasteiger partial charge in [-0.15, -0.1) is 4.99 Å². The minimum absolute atomic E-state index is 0.0499. The van der Waals surface area contributed by atoms with E-state index < -0.39 is 48.1 Å². The molecule has 0 spiro atoms. The van der Waals surface area contributed by atoms with Crippen LogP contribution in [0.5, 0.6) is 0 Å². The lowest BCUT2D eigenvalue weighted by Crippen LogP contribution is -2.70. The van der Waals surface area contributed by atoms with Gasteiger partial charge in [0.1, 0.15) is 0 Å². The number of piperazine rings is 1. The summed E-state index contributed by atoms with van der Waals surface area (Å²) in [6.45, 7) is 3.34. The summed E-state index contributed by atoms with van der Waals surface area (Å²) < 4.78 is 28.6. The normalized spacial score (nSPS) is 25.5. The molecule has 3 heterocycles. The Balaban J connectivity index is 0.951. The van der Waals surface area contributed by atoms with Gasteiger partial charge >= 0.3 is 30.3 Å². The second-order valence-electron chi connectivity index (χ2n) is 20.2. The molecule has 0 radical (unpaired) electrons. The maximum atomic E-state index is 14.1. The molecule has 0 aromatic rings. The molecule has 370 valence electrons. The zero-order valence-electron chi connectivity index (χ0n) is 39.5. The molecule has 4 aliphatic carbocycles. The summed E-state index contributed by atoms with van der Waals surface area (Å²) in [7, 11) is 0. The number of nitrogens with zero attached hydrogens (tertiary/aromatic N) is 5. The smallest absolute Gasteiger partial charge is 0.436 e. The summed E-state index contributed by atoms with van der Waals surface area (Å²) in [4.78, 5) is 91.7. The molecule has 0 aromatic heterocycles. The summed E-state index contributed by atoms with van der Waals surface area (Å²) in [5, 5.41) is 2.75. The molecule has 3 aliphatic heterocycles. The van der Waals surface area contributed by atoms with E-state index in [1.165, 1.54) is 37.0 Å². The van der Waals surface area contributed by atoms with Gasteiger partial charge in [0.15, 0.2) is 6.04 Å². The molecular weight excluding hydrogens is 849 g/mol. The van der Waals surface area contributed by atoms with Crippen molar-refractivity contribution in [1.82, 2.24) is 24.9 Å². The number of amides is 6. The number of β-lactam (4-membered cyclic amide) rings is 1. The van der Waals surface area contributed by atoms with Gasteiger partial charge in [0.2, 0.25) is 11.9 Å². The van der Waals surface area contributed by atoms with Gasteiger partial charge in [-0.05, 0) is 94.3 Å². The molecule has 0 bridgehead atoms. The van der Waals surface area contributed by atoms with Crippen molar-refractivity contribution < 1.29 is 52.5 Å². The fourth-order valence-electron chi connectivity index (χ4n) is 11.2. The van der Waals surface area contributed by atoms with Crippen molar-refractivity contribution in [2.24, 2.45) is 34.6 Å². The lowest BCUT2D eigenvalue weighted by Gasteiger charge is -2.48. The molecule has 17 heteroatoms. The van der Waals surface area contributed by atoms with Crippen LogP contribution in [0.1, 0.15) is 154 Å². The van der Waals surface area contributed by atoms with Gasteiger partial charge in [-0.1, -0.05) is 77.0 Å². The quantitative estimate of drug-likeness (QED) is 0.0442. The Morgan fingerprint density at radius 1 is 0.561 bits per heavy atom. The van der Waals surface area contributed by atoms with Crippen LogP contribution in [0.15, 0.2) is 4.99 Å². The number of ether oxygens (including phenoxy) is 5. The summed E-state index contributed by atoms with van der Waals surface area (Å²) in [6.07, 6.45) is 22.7. The van der Waals surface area contributed by atoms with E-state index in [2.05, 4.69) is 10.3 Å². The van der Waals surface area contributed by atoms with Gasteiger partial charge in [-0.2, -0.15) is 0 Å². The van der Waals surface area contributed by atoms with E-state index in [1.807, 2.05) is 4.90 Å². The zero-order valence-corrected chi connectivity index (χ0v) is 39.5. The Kier molecular flexibility index (Phi) is 19.5. The van der Waals surface area contributed by atoms with Crippen molar-refractivity contribution in [3.8, 4) is 0 Å². The molecule has 7 rings (SSSR count). The van der Waals surface area contributed by atoms with Crippen LogP contribution in [-0.2, 0) is 33.3 Å². The molecule has 6 amide bonds. The second kappa shape index (κ2) is 25.8. The highest BCUT2D eigenvalue weighted by Crippen LogP contribution is 2.37. The van der Waals surface area contributed by atoms with Gasteiger partial charge in [0.05, 0.1) is 45.1 Å². The number of carbonyl (C=O) groups excluding carboxylic acids is 6. The summed E-state index contributed by atoms with van der Waals surface area (Å²) >= 11 is 0. The molecule has 0 aromatic carbocycles. The number of guanidine groups is 1. The molecule has 17 nitrogen and oxygen atoms in total. The molecule has 3 saturated heterocycles. The van der Waals surface area contributed by atoms with Crippen LogP contribution < -0.4 is 5.32 Å². The third-order valence-corrected chi connectivity index (χ3v) is 15.2. The largest absolute Gasteiger partial charge is 0.464 e. The minimum atomic E-state index is -1.08. The minimum Gasteiger partial charge on any atom is -0.464 e. The highest BCUT2D eigenvalue weighted by Gasteiger charge is 2.57. The van der Waals surface area contributed by atoms with E-state index in [1.54, 1.807) is 4.90 Å². The fourth-order valence-corrected chi connectivity index (χ4v) is 11.2. The number of urea groups is 1. The van der Waals surface area contributed by atoms with Crippen LogP contribution in [0, 0.1) is 29.6 Å². The van der Waals surface area contributed by atoms with E-state index in [-0.39, 0.29) is 63.8 Å². The van der Waals surface area contributed by atoms with Crippen molar-refractivity contribution in [2.45, 2.75) is 166 Å². The Labute approximate surface area is 391 Å². The number of imide groups is 1. The Hall–Kier alpha value is -4.15. The lowest BCUT2D eigenvalue weighted by molar-refractivity contribution is -0.172. The van der Waals surface area contributed by atoms with Crippen LogP contribution in [0.25, 0.3) is 0 Å². The number of likely N-dealkylation sites (tertiary alicyclic amines) is 2. The number of rotatable bonds is 14. The average molecular weight is 927 g/mol. The van der Waals surface area contributed by atoms with E-state index in [0.717, 1.165) is 108 Å². The number of hydrogen-bond acceptors (Lipinski definition) is 11. The van der Waals surface area contributed by atoms with Gasteiger partial charge in [-0.25, -0.2) is 28.9 Å². The molecule has 1 N–H and O–H groups in total. The van der Waals surface area contributed by atoms with Crippen molar-refractivity contribution >= 4 is 42.1 Å². The third kappa shape index (κ3) is 14.7. The Bertz CT molecular complexity index is 1630. The maximum Gasteiger partial charge on any atom is 0.436 e. The number of aliphatic imine (C=N–C) groups is 1. The van der Waals surface area contributed by atoms with E-state index in [9.17, 15) is 28.8 Å². The highest BCUT2D eigenvalue weighted by atomic mass is 16.6. The van der Waals surface area contributed by atoms with Gasteiger partial charge in [0, 0.05) is 45.7 Å². The summed E-state index contributed by atoms with van der Waals surface area (Å²) in [6, 6.07) is -1.65. The van der Waals surface area contributed by atoms with Crippen molar-refractivity contribution in [2.75, 3.05) is 72.3 Å². The van der Waals surface area contributed by atoms with Crippen LogP contribution in [-0.4, -0.2) is 146 Å². The van der Waals surface area contributed by atoms with E-state index in [4.69, 9.17) is 23.7 Å². The molecule has 66 heavy (non-hydrogen) atoms. The van der Waals surface area contributed by atoms with Gasteiger partial charge < -0.3 is 38.4 Å². The zero-order chi connectivity index (χ0) is 46.1. The first-order valence-electron chi connectivity index (χ1n) is 26.0. The highest BCUT2D eigenvalue weighted by molar-refractivity contribution is 6.08. The van der Waals surface area contributed by atoms with Crippen LogP contribution in [0.3, 0.4) is 0 Å².